The molecule has 1 unspecified atom stereocenters. The van der Waals surface area contributed by atoms with Gasteiger partial charge in [0.2, 0.25) is 0 Å². The van der Waals surface area contributed by atoms with E-state index in [2.05, 4.69) is 23.5 Å². The minimum Gasteiger partial charge on any atom is -0.488 e. The molecule has 2 heterocycles. The second-order valence-electron chi connectivity index (χ2n) is 4.45. The van der Waals surface area contributed by atoms with Crippen LogP contribution in [0.4, 0.5) is 5.69 Å². The summed E-state index contributed by atoms with van der Waals surface area (Å²) < 4.78 is 11.2. The number of rotatable bonds is 2. The zero-order valence-corrected chi connectivity index (χ0v) is 9.37. The van der Waals surface area contributed by atoms with Crippen molar-refractivity contribution in [1.82, 2.24) is 0 Å². The average Bonchev–Trinajstić information content (AvgIpc) is 2.82. The summed E-state index contributed by atoms with van der Waals surface area (Å²) in [7, 11) is 0. The van der Waals surface area contributed by atoms with Crippen LogP contribution < -0.4 is 10.1 Å². The fraction of sp³-hybridized carbons (Fsp3) is 0.538. The number of aryl methyl sites for hydroxylation is 1. The zero-order chi connectivity index (χ0) is 10.8. The first kappa shape index (κ1) is 9.97. The predicted molar refractivity (Wildman–Crippen MR) is 63.1 cm³/mol. The Balaban J connectivity index is 1.74. The highest BCUT2D eigenvalue weighted by molar-refractivity contribution is 5.55. The molecule has 86 valence electrons. The van der Waals surface area contributed by atoms with Gasteiger partial charge in [-0.05, 0) is 36.6 Å². The van der Waals surface area contributed by atoms with Crippen LogP contribution in [-0.4, -0.2) is 25.9 Å². The highest BCUT2D eigenvalue weighted by atomic mass is 16.5. The van der Waals surface area contributed by atoms with Gasteiger partial charge in [-0.2, -0.15) is 0 Å². The molecule has 1 aromatic rings. The van der Waals surface area contributed by atoms with E-state index in [1.807, 2.05) is 0 Å². The first-order valence-corrected chi connectivity index (χ1v) is 6.03. The molecule has 3 nitrogen and oxygen atoms in total. The lowest BCUT2D eigenvalue weighted by Crippen LogP contribution is -2.16. The largest absolute Gasteiger partial charge is 0.488 e. The number of anilines is 1. The third kappa shape index (κ3) is 2.00. The monoisotopic (exact) mass is 219 g/mol. The standard InChI is InChI=1S/C13H17NO2/c1-2-10-8-11(3-4-13(10)14-6-1)16-12-5-7-15-9-12/h3-4,8,12,14H,1-2,5-7,9H2. The van der Waals surface area contributed by atoms with E-state index < -0.39 is 0 Å². The lowest BCUT2D eigenvalue weighted by Gasteiger charge is -2.19. The van der Waals surface area contributed by atoms with Gasteiger partial charge < -0.3 is 14.8 Å². The zero-order valence-electron chi connectivity index (χ0n) is 9.37. The molecule has 1 saturated heterocycles. The van der Waals surface area contributed by atoms with Crippen LogP contribution in [0, 0.1) is 0 Å². The third-order valence-electron chi connectivity index (χ3n) is 3.21. The number of ether oxygens (including phenoxy) is 2. The van der Waals surface area contributed by atoms with Crippen LogP contribution >= 0.6 is 0 Å². The molecule has 16 heavy (non-hydrogen) atoms. The van der Waals surface area contributed by atoms with Gasteiger partial charge in [-0.1, -0.05) is 0 Å². The Hall–Kier alpha value is -1.22. The average molecular weight is 219 g/mol. The molecule has 0 amide bonds. The molecule has 1 fully saturated rings. The normalized spacial score (nSPS) is 23.6. The number of nitrogens with one attached hydrogen (secondary N) is 1. The van der Waals surface area contributed by atoms with Crippen molar-refractivity contribution in [3.05, 3.63) is 23.8 Å². The molecule has 2 aliphatic heterocycles. The van der Waals surface area contributed by atoms with E-state index in [1.54, 1.807) is 0 Å². The smallest absolute Gasteiger partial charge is 0.124 e. The van der Waals surface area contributed by atoms with Gasteiger partial charge in [0.1, 0.15) is 11.9 Å². The fourth-order valence-electron chi connectivity index (χ4n) is 2.32. The molecule has 3 heteroatoms. The lowest BCUT2D eigenvalue weighted by atomic mass is 10.0. The molecule has 0 radical (unpaired) electrons. The number of benzene rings is 1. The van der Waals surface area contributed by atoms with Crippen molar-refractivity contribution >= 4 is 5.69 Å². The SMILES string of the molecule is c1cc2c(cc1OC1CCOC1)CCCN2. The molecule has 0 aromatic heterocycles. The first-order chi connectivity index (χ1) is 7.92. The highest BCUT2D eigenvalue weighted by Gasteiger charge is 2.18. The summed E-state index contributed by atoms with van der Waals surface area (Å²) in [5, 5.41) is 3.40. The maximum absolute atomic E-state index is 5.89. The van der Waals surface area contributed by atoms with E-state index in [-0.39, 0.29) is 6.10 Å². The van der Waals surface area contributed by atoms with Crippen molar-refractivity contribution in [2.24, 2.45) is 0 Å². The second kappa shape index (κ2) is 4.34. The van der Waals surface area contributed by atoms with Crippen LogP contribution in [0.15, 0.2) is 18.2 Å². The van der Waals surface area contributed by atoms with Crippen LogP contribution in [0.5, 0.6) is 5.75 Å². The number of hydrogen-bond donors (Lipinski definition) is 1. The van der Waals surface area contributed by atoms with Crippen LogP contribution in [0.2, 0.25) is 0 Å². The van der Waals surface area contributed by atoms with Gasteiger partial charge >= 0.3 is 0 Å². The molecule has 0 bridgehead atoms. The second-order valence-corrected chi connectivity index (χ2v) is 4.45. The summed E-state index contributed by atoms with van der Waals surface area (Å²) in [6.07, 6.45) is 3.62. The maximum Gasteiger partial charge on any atom is 0.124 e. The van der Waals surface area contributed by atoms with Crippen molar-refractivity contribution in [2.45, 2.75) is 25.4 Å². The molecule has 0 aliphatic carbocycles. The minimum absolute atomic E-state index is 0.245. The van der Waals surface area contributed by atoms with Crippen molar-refractivity contribution in [3.63, 3.8) is 0 Å². The Labute approximate surface area is 95.8 Å². The summed E-state index contributed by atoms with van der Waals surface area (Å²) in [5.41, 5.74) is 2.64. The summed E-state index contributed by atoms with van der Waals surface area (Å²) >= 11 is 0. The van der Waals surface area contributed by atoms with Crippen LogP contribution in [0.1, 0.15) is 18.4 Å². The van der Waals surface area contributed by atoms with Gasteiger partial charge in [-0.15, -0.1) is 0 Å². The van der Waals surface area contributed by atoms with Crippen LogP contribution in [-0.2, 0) is 11.2 Å². The van der Waals surface area contributed by atoms with E-state index in [9.17, 15) is 0 Å². The summed E-state index contributed by atoms with van der Waals surface area (Å²) in [6, 6.07) is 6.34. The molecule has 0 saturated carbocycles. The maximum atomic E-state index is 5.89. The quantitative estimate of drug-likeness (QED) is 0.827. The van der Waals surface area contributed by atoms with Gasteiger partial charge in [0.25, 0.3) is 0 Å². The van der Waals surface area contributed by atoms with Crippen molar-refractivity contribution in [2.75, 3.05) is 25.1 Å². The molecule has 1 aromatic carbocycles. The van der Waals surface area contributed by atoms with Crippen molar-refractivity contribution in [1.29, 1.82) is 0 Å². The van der Waals surface area contributed by atoms with E-state index in [1.165, 1.54) is 17.7 Å². The highest BCUT2D eigenvalue weighted by Crippen LogP contribution is 2.27. The fourth-order valence-corrected chi connectivity index (χ4v) is 2.32. The Morgan fingerprint density at radius 3 is 3.25 bits per heavy atom. The van der Waals surface area contributed by atoms with Crippen LogP contribution in [0.3, 0.4) is 0 Å². The van der Waals surface area contributed by atoms with Gasteiger partial charge in [-0.25, -0.2) is 0 Å². The predicted octanol–water partition coefficient (Wildman–Crippen LogP) is 2.21. The van der Waals surface area contributed by atoms with Crippen LogP contribution in [0.25, 0.3) is 0 Å². The van der Waals surface area contributed by atoms with Crippen molar-refractivity contribution < 1.29 is 9.47 Å². The Morgan fingerprint density at radius 2 is 2.38 bits per heavy atom. The van der Waals surface area contributed by atoms with E-state index in [4.69, 9.17) is 9.47 Å². The summed E-state index contributed by atoms with van der Waals surface area (Å²) in [6.45, 7) is 2.65. The summed E-state index contributed by atoms with van der Waals surface area (Å²) in [4.78, 5) is 0. The first-order valence-electron chi connectivity index (χ1n) is 6.03. The molecule has 1 N–H and O–H groups in total. The van der Waals surface area contributed by atoms with E-state index in [0.29, 0.717) is 0 Å². The van der Waals surface area contributed by atoms with Gasteiger partial charge in [0, 0.05) is 18.7 Å². The molecule has 3 rings (SSSR count). The summed E-state index contributed by atoms with van der Waals surface area (Å²) in [5.74, 6) is 0.984. The number of fused-ring (bicyclic) bond motifs is 1. The molecule has 0 spiro atoms. The van der Waals surface area contributed by atoms with E-state index in [0.717, 1.165) is 38.3 Å². The van der Waals surface area contributed by atoms with E-state index >= 15 is 0 Å². The third-order valence-corrected chi connectivity index (χ3v) is 3.21. The molecule has 1 atom stereocenters. The van der Waals surface area contributed by atoms with Crippen molar-refractivity contribution in [3.8, 4) is 5.75 Å². The lowest BCUT2D eigenvalue weighted by molar-refractivity contribution is 0.141. The van der Waals surface area contributed by atoms with Gasteiger partial charge in [-0.3, -0.25) is 0 Å². The Bertz CT molecular complexity index is 372. The topological polar surface area (TPSA) is 30.5 Å². The van der Waals surface area contributed by atoms with Gasteiger partial charge in [0.15, 0.2) is 0 Å². The molecule has 2 aliphatic rings. The minimum atomic E-state index is 0.245. The Morgan fingerprint density at radius 1 is 1.38 bits per heavy atom. The Kier molecular flexibility index (Phi) is 2.70. The van der Waals surface area contributed by atoms with Gasteiger partial charge in [0.05, 0.1) is 13.2 Å². The molecular weight excluding hydrogens is 202 g/mol. The molecular formula is C13H17NO2. The number of hydrogen-bond acceptors (Lipinski definition) is 3.